The van der Waals surface area contributed by atoms with Crippen molar-refractivity contribution in [2.75, 3.05) is 0 Å². The SMILES string of the molecule is N#Cc1ccc(-c2cn(Cc3ccccc3)cn2)cc1. The van der Waals surface area contributed by atoms with Crippen molar-refractivity contribution in [3.8, 4) is 17.3 Å². The second-order valence-electron chi connectivity index (χ2n) is 4.61. The van der Waals surface area contributed by atoms with Gasteiger partial charge in [-0.15, -0.1) is 0 Å². The molecule has 3 rings (SSSR count). The van der Waals surface area contributed by atoms with Crippen molar-refractivity contribution < 1.29 is 0 Å². The number of imidazole rings is 1. The van der Waals surface area contributed by atoms with Crippen LogP contribution < -0.4 is 0 Å². The summed E-state index contributed by atoms with van der Waals surface area (Å²) in [5, 5.41) is 8.80. The summed E-state index contributed by atoms with van der Waals surface area (Å²) < 4.78 is 2.06. The fourth-order valence-electron chi connectivity index (χ4n) is 2.11. The molecule has 0 fully saturated rings. The molecule has 3 heteroatoms. The first-order chi connectivity index (χ1) is 9.85. The molecule has 20 heavy (non-hydrogen) atoms. The van der Waals surface area contributed by atoms with Crippen LogP contribution in [0.2, 0.25) is 0 Å². The average molecular weight is 259 g/mol. The molecule has 0 aliphatic heterocycles. The van der Waals surface area contributed by atoms with Crippen LogP contribution in [0.3, 0.4) is 0 Å². The summed E-state index contributed by atoms with van der Waals surface area (Å²) >= 11 is 0. The molecule has 0 N–H and O–H groups in total. The first-order valence-corrected chi connectivity index (χ1v) is 6.41. The lowest BCUT2D eigenvalue weighted by Gasteiger charge is -2.01. The molecule has 0 aliphatic rings. The minimum Gasteiger partial charge on any atom is -0.332 e. The van der Waals surface area contributed by atoms with Gasteiger partial charge in [0.25, 0.3) is 0 Å². The maximum atomic E-state index is 8.80. The van der Waals surface area contributed by atoms with E-state index < -0.39 is 0 Å². The van der Waals surface area contributed by atoms with Crippen molar-refractivity contribution in [1.82, 2.24) is 9.55 Å². The molecular formula is C17H13N3. The molecule has 3 nitrogen and oxygen atoms in total. The second-order valence-corrected chi connectivity index (χ2v) is 4.61. The zero-order valence-corrected chi connectivity index (χ0v) is 10.9. The highest BCUT2D eigenvalue weighted by Crippen LogP contribution is 2.18. The van der Waals surface area contributed by atoms with Crippen molar-refractivity contribution in [3.05, 3.63) is 78.2 Å². The molecule has 0 amide bonds. The maximum absolute atomic E-state index is 8.80. The molecule has 0 radical (unpaired) electrons. The smallest absolute Gasteiger partial charge is 0.0991 e. The summed E-state index contributed by atoms with van der Waals surface area (Å²) in [6.45, 7) is 0.810. The van der Waals surface area contributed by atoms with Gasteiger partial charge in [-0.25, -0.2) is 4.98 Å². The third kappa shape index (κ3) is 2.60. The standard InChI is InChI=1S/C17H13N3/c18-10-14-6-8-16(9-7-14)17-12-20(13-19-17)11-15-4-2-1-3-5-15/h1-9,12-13H,11H2. The summed E-state index contributed by atoms with van der Waals surface area (Å²) in [6, 6.07) is 19.9. The molecule has 0 bridgehead atoms. The average Bonchev–Trinajstić information content (AvgIpc) is 2.97. The van der Waals surface area contributed by atoms with Gasteiger partial charge < -0.3 is 4.57 Å². The van der Waals surface area contributed by atoms with Crippen molar-refractivity contribution in [2.45, 2.75) is 6.54 Å². The first-order valence-electron chi connectivity index (χ1n) is 6.41. The largest absolute Gasteiger partial charge is 0.332 e. The highest BCUT2D eigenvalue weighted by atomic mass is 15.0. The Kier molecular flexibility index (Phi) is 3.30. The molecule has 2 aromatic carbocycles. The number of rotatable bonds is 3. The first kappa shape index (κ1) is 12.2. The van der Waals surface area contributed by atoms with Gasteiger partial charge in [0, 0.05) is 18.3 Å². The van der Waals surface area contributed by atoms with Crippen LogP contribution in [-0.2, 0) is 6.54 Å². The van der Waals surface area contributed by atoms with Gasteiger partial charge in [0.2, 0.25) is 0 Å². The summed E-state index contributed by atoms with van der Waals surface area (Å²) in [6.07, 6.45) is 3.86. The van der Waals surface area contributed by atoms with Gasteiger partial charge in [0.1, 0.15) is 0 Å². The predicted octanol–water partition coefficient (Wildman–Crippen LogP) is 3.47. The third-order valence-corrected chi connectivity index (χ3v) is 3.15. The van der Waals surface area contributed by atoms with Crippen molar-refractivity contribution in [2.24, 2.45) is 0 Å². The fourth-order valence-corrected chi connectivity index (χ4v) is 2.11. The van der Waals surface area contributed by atoms with Crippen LogP contribution in [0.5, 0.6) is 0 Å². The molecule has 0 aliphatic carbocycles. The topological polar surface area (TPSA) is 41.6 Å². The van der Waals surface area contributed by atoms with E-state index in [4.69, 9.17) is 5.26 Å². The summed E-state index contributed by atoms with van der Waals surface area (Å²) in [5.74, 6) is 0. The van der Waals surface area contributed by atoms with Crippen LogP contribution in [-0.4, -0.2) is 9.55 Å². The van der Waals surface area contributed by atoms with Crippen LogP contribution in [0.25, 0.3) is 11.3 Å². The summed E-state index contributed by atoms with van der Waals surface area (Å²) in [5.41, 5.74) is 3.86. The van der Waals surface area contributed by atoms with Gasteiger partial charge in [-0.2, -0.15) is 5.26 Å². The Labute approximate surface area is 117 Å². The van der Waals surface area contributed by atoms with Gasteiger partial charge in [-0.1, -0.05) is 42.5 Å². The highest BCUT2D eigenvalue weighted by molar-refractivity contribution is 5.59. The summed E-state index contributed by atoms with van der Waals surface area (Å²) in [7, 11) is 0. The number of nitrogens with zero attached hydrogens (tertiary/aromatic N) is 3. The Balaban J connectivity index is 1.81. The number of aromatic nitrogens is 2. The minimum atomic E-state index is 0.664. The Hall–Kier alpha value is -2.86. The molecule has 0 saturated heterocycles. The van der Waals surface area contributed by atoms with Crippen LogP contribution >= 0.6 is 0 Å². The zero-order chi connectivity index (χ0) is 13.8. The fraction of sp³-hybridized carbons (Fsp3) is 0.0588. The Morgan fingerprint density at radius 1 is 1.00 bits per heavy atom. The highest BCUT2D eigenvalue weighted by Gasteiger charge is 2.03. The molecule has 1 aromatic heterocycles. The minimum absolute atomic E-state index is 0.664. The lowest BCUT2D eigenvalue weighted by Crippen LogP contribution is -1.95. The number of hydrogen-bond acceptors (Lipinski definition) is 2. The molecule has 0 atom stereocenters. The van der Waals surface area contributed by atoms with E-state index in [-0.39, 0.29) is 0 Å². The Bertz CT molecular complexity index is 734. The molecule has 0 saturated carbocycles. The van der Waals surface area contributed by atoms with E-state index in [1.54, 1.807) is 0 Å². The molecule has 0 spiro atoms. The molecule has 96 valence electrons. The van der Waals surface area contributed by atoms with Gasteiger partial charge in [-0.05, 0) is 17.7 Å². The maximum Gasteiger partial charge on any atom is 0.0991 e. The van der Waals surface area contributed by atoms with E-state index in [1.165, 1.54) is 5.56 Å². The van der Waals surface area contributed by atoms with E-state index in [0.29, 0.717) is 5.56 Å². The van der Waals surface area contributed by atoms with Crippen molar-refractivity contribution >= 4 is 0 Å². The molecular weight excluding hydrogens is 246 g/mol. The zero-order valence-electron chi connectivity index (χ0n) is 10.9. The number of benzene rings is 2. The van der Waals surface area contributed by atoms with E-state index in [1.807, 2.05) is 55.0 Å². The van der Waals surface area contributed by atoms with Gasteiger partial charge >= 0.3 is 0 Å². The molecule has 1 heterocycles. The van der Waals surface area contributed by atoms with Crippen LogP contribution in [0.1, 0.15) is 11.1 Å². The lowest BCUT2D eigenvalue weighted by atomic mass is 10.1. The van der Waals surface area contributed by atoms with Crippen LogP contribution in [0.15, 0.2) is 67.1 Å². The van der Waals surface area contributed by atoms with E-state index in [2.05, 4.69) is 27.8 Å². The monoisotopic (exact) mass is 259 g/mol. The Morgan fingerprint density at radius 2 is 1.75 bits per heavy atom. The molecule has 3 aromatic rings. The van der Waals surface area contributed by atoms with Crippen molar-refractivity contribution in [3.63, 3.8) is 0 Å². The van der Waals surface area contributed by atoms with Crippen LogP contribution in [0.4, 0.5) is 0 Å². The second kappa shape index (κ2) is 5.41. The number of hydrogen-bond donors (Lipinski definition) is 0. The van der Waals surface area contributed by atoms with Crippen molar-refractivity contribution in [1.29, 1.82) is 5.26 Å². The normalized spacial score (nSPS) is 10.2. The Morgan fingerprint density at radius 3 is 2.45 bits per heavy atom. The predicted molar refractivity (Wildman–Crippen MR) is 77.9 cm³/mol. The van der Waals surface area contributed by atoms with E-state index in [0.717, 1.165) is 17.8 Å². The summed E-state index contributed by atoms with van der Waals surface area (Å²) in [4.78, 5) is 4.42. The number of nitriles is 1. The third-order valence-electron chi connectivity index (χ3n) is 3.15. The van der Waals surface area contributed by atoms with Gasteiger partial charge in [-0.3, -0.25) is 0 Å². The van der Waals surface area contributed by atoms with E-state index >= 15 is 0 Å². The molecule has 0 unspecified atom stereocenters. The lowest BCUT2D eigenvalue weighted by molar-refractivity contribution is 0.797. The van der Waals surface area contributed by atoms with E-state index in [9.17, 15) is 0 Å². The van der Waals surface area contributed by atoms with Crippen LogP contribution in [0, 0.1) is 11.3 Å². The quantitative estimate of drug-likeness (QED) is 0.722. The van der Waals surface area contributed by atoms with Gasteiger partial charge in [0.05, 0.1) is 23.7 Å². The van der Waals surface area contributed by atoms with Gasteiger partial charge in [0.15, 0.2) is 0 Å².